The van der Waals surface area contributed by atoms with Crippen molar-refractivity contribution >= 4 is 0 Å². The molecule has 0 aliphatic carbocycles. The standard InChI is InChI=1S/C18H33N/c1-6-8-9-15-19(14-7-2)16-13-18(5)12-10-11-17(3)4/h7,11,13H,2,6,8-10,12,14-16H2,1,3-5H3/b18-13+. The molecule has 0 rings (SSSR count). The first-order valence-electron chi connectivity index (χ1n) is 7.72. The lowest BCUT2D eigenvalue weighted by molar-refractivity contribution is 0.325. The van der Waals surface area contributed by atoms with Crippen LogP contribution in [-0.4, -0.2) is 24.5 Å². The van der Waals surface area contributed by atoms with Crippen molar-refractivity contribution < 1.29 is 0 Å². The maximum atomic E-state index is 3.85. The highest BCUT2D eigenvalue weighted by Crippen LogP contribution is 2.07. The molecule has 0 amide bonds. The molecule has 0 saturated heterocycles. The molecule has 0 bridgehead atoms. The Hall–Kier alpha value is -0.820. The summed E-state index contributed by atoms with van der Waals surface area (Å²) in [6.45, 7) is 15.9. The highest BCUT2D eigenvalue weighted by atomic mass is 15.1. The second-order valence-electron chi connectivity index (χ2n) is 5.63. The van der Waals surface area contributed by atoms with Gasteiger partial charge in [-0.3, -0.25) is 4.90 Å². The van der Waals surface area contributed by atoms with Crippen LogP contribution >= 0.6 is 0 Å². The zero-order chi connectivity index (χ0) is 14.5. The van der Waals surface area contributed by atoms with Crippen LogP contribution in [0.3, 0.4) is 0 Å². The first kappa shape index (κ1) is 18.2. The maximum Gasteiger partial charge on any atom is 0.0169 e. The molecule has 19 heavy (non-hydrogen) atoms. The number of nitrogens with zero attached hydrogens (tertiary/aromatic N) is 1. The second kappa shape index (κ2) is 12.2. The van der Waals surface area contributed by atoms with Crippen molar-refractivity contribution in [1.82, 2.24) is 4.90 Å². The van der Waals surface area contributed by atoms with Crippen LogP contribution in [0.15, 0.2) is 36.0 Å². The van der Waals surface area contributed by atoms with Gasteiger partial charge < -0.3 is 0 Å². The van der Waals surface area contributed by atoms with Crippen molar-refractivity contribution in [2.45, 2.75) is 59.8 Å². The Morgan fingerprint density at radius 3 is 2.37 bits per heavy atom. The Labute approximate surface area is 121 Å². The van der Waals surface area contributed by atoms with Gasteiger partial charge in [-0.05, 0) is 46.6 Å². The molecule has 0 radical (unpaired) electrons. The van der Waals surface area contributed by atoms with Crippen molar-refractivity contribution in [3.63, 3.8) is 0 Å². The summed E-state index contributed by atoms with van der Waals surface area (Å²) in [5.41, 5.74) is 2.92. The van der Waals surface area contributed by atoms with Gasteiger partial charge in [-0.1, -0.05) is 49.1 Å². The number of hydrogen-bond donors (Lipinski definition) is 0. The third-order valence-corrected chi connectivity index (χ3v) is 3.25. The normalized spacial score (nSPS) is 11.7. The zero-order valence-electron chi connectivity index (χ0n) is 13.5. The fraction of sp³-hybridized carbons (Fsp3) is 0.667. The van der Waals surface area contributed by atoms with Gasteiger partial charge in [0.15, 0.2) is 0 Å². The number of rotatable bonds is 11. The van der Waals surface area contributed by atoms with Gasteiger partial charge >= 0.3 is 0 Å². The van der Waals surface area contributed by atoms with E-state index in [0.29, 0.717) is 0 Å². The zero-order valence-corrected chi connectivity index (χ0v) is 13.5. The lowest BCUT2D eigenvalue weighted by atomic mass is 10.1. The van der Waals surface area contributed by atoms with Crippen molar-refractivity contribution in [3.05, 3.63) is 36.0 Å². The van der Waals surface area contributed by atoms with Gasteiger partial charge in [-0.25, -0.2) is 0 Å². The summed E-state index contributed by atoms with van der Waals surface area (Å²) >= 11 is 0. The summed E-state index contributed by atoms with van der Waals surface area (Å²) in [6, 6.07) is 0. The summed E-state index contributed by atoms with van der Waals surface area (Å²) in [5, 5.41) is 0. The molecule has 0 fully saturated rings. The minimum Gasteiger partial charge on any atom is -0.296 e. The molecule has 0 spiro atoms. The van der Waals surface area contributed by atoms with Crippen LogP contribution in [0.2, 0.25) is 0 Å². The molecule has 110 valence electrons. The van der Waals surface area contributed by atoms with Gasteiger partial charge in [0.25, 0.3) is 0 Å². The van der Waals surface area contributed by atoms with Crippen LogP contribution in [0.1, 0.15) is 59.8 Å². The molecule has 1 nitrogen and oxygen atoms in total. The predicted molar refractivity (Wildman–Crippen MR) is 88.6 cm³/mol. The Morgan fingerprint density at radius 2 is 1.79 bits per heavy atom. The van der Waals surface area contributed by atoms with Crippen LogP contribution in [0.25, 0.3) is 0 Å². The van der Waals surface area contributed by atoms with E-state index in [1.54, 1.807) is 0 Å². The van der Waals surface area contributed by atoms with E-state index < -0.39 is 0 Å². The Balaban J connectivity index is 4.04. The second-order valence-corrected chi connectivity index (χ2v) is 5.63. The van der Waals surface area contributed by atoms with Gasteiger partial charge in [0.1, 0.15) is 0 Å². The molecule has 0 aromatic heterocycles. The van der Waals surface area contributed by atoms with E-state index in [4.69, 9.17) is 0 Å². The molecular formula is C18H33N. The summed E-state index contributed by atoms with van der Waals surface area (Å²) in [5.74, 6) is 0. The van der Waals surface area contributed by atoms with Crippen LogP contribution in [0, 0.1) is 0 Å². The molecule has 0 unspecified atom stereocenters. The van der Waals surface area contributed by atoms with Gasteiger partial charge in [-0.2, -0.15) is 0 Å². The summed E-state index contributed by atoms with van der Waals surface area (Å²) in [7, 11) is 0. The minimum absolute atomic E-state index is 1.00. The Kier molecular flexibility index (Phi) is 11.7. The van der Waals surface area contributed by atoms with Crippen LogP contribution in [0.5, 0.6) is 0 Å². The van der Waals surface area contributed by atoms with E-state index >= 15 is 0 Å². The Bertz CT molecular complexity index is 282. The molecule has 1 heteroatoms. The van der Waals surface area contributed by atoms with E-state index in [1.807, 2.05) is 6.08 Å². The first-order chi connectivity index (χ1) is 9.10. The first-order valence-corrected chi connectivity index (χ1v) is 7.72. The van der Waals surface area contributed by atoms with Crippen molar-refractivity contribution in [2.75, 3.05) is 19.6 Å². The maximum absolute atomic E-state index is 3.85. The van der Waals surface area contributed by atoms with Gasteiger partial charge in [0.2, 0.25) is 0 Å². The highest BCUT2D eigenvalue weighted by Gasteiger charge is 2.00. The summed E-state index contributed by atoms with van der Waals surface area (Å²) in [4.78, 5) is 2.48. The largest absolute Gasteiger partial charge is 0.296 e. The van der Waals surface area contributed by atoms with Crippen molar-refractivity contribution in [1.29, 1.82) is 0 Å². The monoisotopic (exact) mass is 263 g/mol. The lowest BCUT2D eigenvalue weighted by Gasteiger charge is -2.19. The highest BCUT2D eigenvalue weighted by molar-refractivity contribution is 5.03. The number of allylic oxidation sites excluding steroid dienone is 3. The van der Waals surface area contributed by atoms with Gasteiger partial charge in [0.05, 0.1) is 0 Å². The number of hydrogen-bond acceptors (Lipinski definition) is 1. The SMILES string of the molecule is C=CCN(C/C=C(\C)CCC=C(C)C)CCCCC. The van der Waals surface area contributed by atoms with E-state index in [2.05, 4.69) is 51.3 Å². The number of unbranched alkanes of at least 4 members (excludes halogenated alkanes) is 2. The third kappa shape index (κ3) is 12.0. The average Bonchev–Trinajstić information content (AvgIpc) is 2.35. The van der Waals surface area contributed by atoms with E-state index in [1.165, 1.54) is 49.8 Å². The van der Waals surface area contributed by atoms with E-state index in [-0.39, 0.29) is 0 Å². The third-order valence-electron chi connectivity index (χ3n) is 3.25. The quantitative estimate of drug-likeness (QED) is 0.358. The minimum atomic E-state index is 1.00. The molecular weight excluding hydrogens is 230 g/mol. The van der Waals surface area contributed by atoms with Crippen LogP contribution in [-0.2, 0) is 0 Å². The molecule has 0 aliphatic heterocycles. The van der Waals surface area contributed by atoms with Crippen LogP contribution < -0.4 is 0 Å². The summed E-state index contributed by atoms with van der Waals surface area (Å²) in [6.07, 6.45) is 13.0. The molecule has 0 heterocycles. The van der Waals surface area contributed by atoms with Crippen LogP contribution in [0.4, 0.5) is 0 Å². The molecule has 0 atom stereocenters. The Morgan fingerprint density at radius 1 is 1.05 bits per heavy atom. The van der Waals surface area contributed by atoms with Crippen molar-refractivity contribution in [2.24, 2.45) is 0 Å². The average molecular weight is 263 g/mol. The molecule has 0 N–H and O–H groups in total. The van der Waals surface area contributed by atoms with E-state index in [0.717, 1.165) is 13.1 Å². The molecule has 0 aliphatic rings. The fourth-order valence-corrected chi connectivity index (χ4v) is 2.00. The molecule has 0 saturated carbocycles. The topological polar surface area (TPSA) is 3.24 Å². The van der Waals surface area contributed by atoms with Gasteiger partial charge in [0, 0.05) is 13.1 Å². The molecule has 0 aromatic rings. The predicted octanol–water partition coefficient (Wildman–Crippen LogP) is 5.36. The molecule has 0 aromatic carbocycles. The van der Waals surface area contributed by atoms with Crippen molar-refractivity contribution in [3.8, 4) is 0 Å². The van der Waals surface area contributed by atoms with Gasteiger partial charge in [-0.15, -0.1) is 6.58 Å². The lowest BCUT2D eigenvalue weighted by Crippen LogP contribution is -2.25. The van der Waals surface area contributed by atoms with E-state index in [9.17, 15) is 0 Å². The fourth-order valence-electron chi connectivity index (χ4n) is 2.00. The smallest absolute Gasteiger partial charge is 0.0169 e. The summed E-state index contributed by atoms with van der Waals surface area (Å²) < 4.78 is 0.